The topological polar surface area (TPSA) is 47.6 Å². The lowest BCUT2D eigenvalue weighted by Crippen LogP contribution is -2.32. The van der Waals surface area contributed by atoms with Gasteiger partial charge in [0.05, 0.1) is 5.56 Å². The first-order valence-corrected chi connectivity index (χ1v) is 6.56. The summed E-state index contributed by atoms with van der Waals surface area (Å²) in [5.74, 6) is -0.977. The molecule has 0 radical (unpaired) electrons. The molecule has 1 aromatic carbocycles. The molecule has 0 aliphatic carbocycles. The molecule has 0 saturated carbocycles. The van der Waals surface area contributed by atoms with Gasteiger partial charge < -0.3 is 14.8 Å². The highest BCUT2D eigenvalue weighted by Crippen LogP contribution is 2.24. The van der Waals surface area contributed by atoms with Gasteiger partial charge in [0, 0.05) is 6.54 Å². The van der Waals surface area contributed by atoms with Crippen molar-refractivity contribution in [2.24, 2.45) is 0 Å². The van der Waals surface area contributed by atoms with Gasteiger partial charge in [-0.15, -0.1) is 0 Å². The van der Waals surface area contributed by atoms with Crippen LogP contribution in [0.25, 0.3) is 6.08 Å². The summed E-state index contributed by atoms with van der Waals surface area (Å²) < 4.78 is 47.3. The molecule has 0 atom stereocenters. The molecule has 0 aromatic heterocycles. The Morgan fingerprint density at radius 2 is 2.05 bits per heavy atom. The van der Waals surface area contributed by atoms with Crippen LogP contribution >= 0.6 is 0 Å². The van der Waals surface area contributed by atoms with Crippen molar-refractivity contribution in [2.75, 3.05) is 6.54 Å². The van der Waals surface area contributed by atoms with E-state index in [0.717, 1.165) is 6.07 Å². The molecule has 7 heteroatoms. The second-order valence-corrected chi connectivity index (χ2v) is 5.32. The molecule has 0 unspecified atom stereocenters. The van der Waals surface area contributed by atoms with Gasteiger partial charge in [0.15, 0.2) is 0 Å². The van der Waals surface area contributed by atoms with Crippen LogP contribution in [-0.4, -0.2) is 24.9 Å². The standard InChI is InChI=1S/C15H18F3NO3/c1-15(2,3)22-14(20)19-9-5-6-10-11(16)7-4-8-12(10)21-13(17)18/h4-8,13H,9H2,1-3H3,(H,19,20). The number of alkyl halides is 2. The number of ether oxygens (including phenoxy) is 2. The summed E-state index contributed by atoms with van der Waals surface area (Å²) in [5.41, 5.74) is -0.744. The first-order valence-electron chi connectivity index (χ1n) is 6.56. The molecule has 0 bridgehead atoms. The molecule has 0 spiro atoms. The highest BCUT2D eigenvalue weighted by Gasteiger charge is 2.15. The Balaban J connectivity index is 2.65. The highest BCUT2D eigenvalue weighted by atomic mass is 19.3. The molecule has 22 heavy (non-hydrogen) atoms. The molecule has 4 nitrogen and oxygen atoms in total. The van der Waals surface area contributed by atoms with Crippen molar-refractivity contribution < 1.29 is 27.4 Å². The molecular weight excluding hydrogens is 299 g/mol. The monoisotopic (exact) mass is 317 g/mol. The molecule has 0 fully saturated rings. The molecule has 1 aromatic rings. The number of carbonyl (C=O) groups is 1. The third kappa shape index (κ3) is 6.51. The Morgan fingerprint density at radius 3 is 2.64 bits per heavy atom. The molecule has 0 heterocycles. The summed E-state index contributed by atoms with van der Waals surface area (Å²) in [5, 5.41) is 2.43. The van der Waals surface area contributed by atoms with Crippen LogP contribution in [0, 0.1) is 5.82 Å². The number of hydrogen-bond donors (Lipinski definition) is 1. The second kappa shape index (κ2) is 7.72. The Kier molecular flexibility index (Phi) is 6.27. The number of benzene rings is 1. The maximum absolute atomic E-state index is 13.6. The van der Waals surface area contributed by atoms with Gasteiger partial charge in [0.2, 0.25) is 0 Å². The van der Waals surface area contributed by atoms with Gasteiger partial charge in [-0.3, -0.25) is 0 Å². The molecular formula is C15H18F3NO3. The smallest absolute Gasteiger partial charge is 0.407 e. The van der Waals surface area contributed by atoms with Gasteiger partial charge in [-0.2, -0.15) is 8.78 Å². The fourth-order valence-electron chi connectivity index (χ4n) is 1.51. The summed E-state index contributed by atoms with van der Waals surface area (Å²) in [6.45, 7) is 2.16. The van der Waals surface area contributed by atoms with E-state index in [1.807, 2.05) is 0 Å². The zero-order chi connectivity index (χ0) is 16.8. The van der Waals surface area contributed by atoms with E-state index in [0.29, 0.717) is 0 Å². The van der Waals surface area contributed by atoms with Crippen molar-refractivity contribution in [2.45, 2.75) is 33.0 Å². The van der Waals surface area contributed by atoms with E-state index in [9.17, 15) is 18.0 Å². The Bertz CT molecular complexity index is 539. The lowest BCUT2D eigenvalue weighted by molar-refractivity contribution is -0.0501. The fraction of sp³-hybridized carbons (Fsp3) is 0.400. The predicted octanol–water partition coefficient (Wildman–Crippen LogP) is 3.97. The van der Waals surface area contributed by atoms with Crippen LogP contribution in [0.2, 0.25) is 0 Å². The first-order chi connectivity index (χ1) is 10.2. The van der Waals surface area contributed by atoms with Crippen LogP contribution in [0.5, 0.6) is 5.75 Å². The summed E-state index contributed by atoms with van der Waals surface area (Å²) in [6, 6.07) is 3.62. The van der Waals surface area contributed by atoms with Gasteiger partial charge in [-0.05, 0) is 32.9 Å². The molecule has 122 valence electrons. The molecule has 1 rings (SSSR count). The van der Waals surface area contributed by atoms with Crippen molar-refractivity contribution in [3.63, 3.8) is 0 Å². The van der Waals surface area contributed by atoms with E-state index < -0.39 is 24.1 Å². The van der Waals surface area contributed by atoms with Gasteiger partial charge in [0.25, 0.3) is 0 Å². The van der Waals surface area contributed by atoms with E-state index in [1.54, 1.807) is 20.8 Å². The summed E-state index contributed by atoms with van der Waals surface area (Å²) in [6.07, 6.45) is 2.03. The SMILES string of the molecule is CC(C)(C)OC(=O)NCC=Cc1c(F)cccc1OC(F)F. The van der Waals surface area contributed by atoms with Crippen LogP contribution in [0.15, 0.2) is 24.3 Å². The van der Waals surface area contributed by atoms with Crippen LogP contribution in [0.4, 0.5) is 18.0 Å². The number of halogens is 3. The largest absolute Gasteiger partial charge is 0.444 e. The van der Waals surface area contributed by atoms with Crippen molar-refractivity contribution in [3.05, 3.63) is 35.7 Å². The molecule has 1 amide bonds. The van der Waals surface area contributed by atoms with Gasteiger partial charge in [0.1, 0.15) is 17.2 Å². The number of rotatable bonds is 5. The maximum Gasteiger partial charge on any atom is 0.407 e. The number of hydrogen-bond acceptors (Lipinski definition) is 3. The van der Waals surface area contributed by atoms with Crippen molar-refractivity contribution in [1.82, 2.24) is 5.32 Å². The minimum absolute atomic E-state index is 0.0529. The highest BCUT2D eigenvalue weighted by molar-refractivity contribution is 5.68. The quantitative estimate of drug-likeness (QED) is 0.894. The van der Waals surface area contributed by atoms with E-state index in [-0.39, 0.29) is 17.9 Å². The first kappa shape index (κ1) is 17.9. The minimum Gasteiger partial charge on any atom is -0.444 e. The third-order valence-electron chi connectivity index (χ3n) is 2.28. The van der Waals surface area contributed by atoms with Crippen molar-refractivity contribution >= 4 is 12.2 Å². The van der Waals surface area contributed by atoms with E-state index in [1.165, 1.54) is 24.3 Å². The van der Waals surface area contributed by atoms with Crippen LogP contribution in [0.1, 0.15) is 26.3 Å². The van der Waals surface area contributed by atoms with E-state index in [4.69, 9.17) is 4.74 Å². The van der Waals surface area contributed by atoms with Crippen LogP contribution in [-0.2, 0) is 4.74 Å². The Hall–Kier alpha value is -2.18. The summed E-state index contributed by atoms with van der Waals surface area (Å²) in [4.78, 5) is 11.4. The van der Waals surface area contributed by atoms with Gasteiger partial charge in [-0.25, -0.2) is 9.18 Å². The summed E-state index contributed by atoms with van der Waals surface area (Å²) >= 11 is 0. The van der Waals surface area contributed by atoms with Crippen LogP contribution < -0.4 is 10.1 Å². The number of carbonyl (C=O) groups excluding carboxylic acids is 1. The minimum atomic E-state index is -3.05. The fourth-order valence-corrected chi connectivity index (χ4v) is 1.51. The molecule has 0 saturated heterocycles. The maximum atomic E-state index is 13.6. The molecule has 1 N–H and O–H groups in total. The predicted molar refractivity (Wildman–Crippen MR) is 76.3 cm³/mol. The Morgan fingerprint density at radius 1 is 1.36 bits per heavy atom. The zero-order valence-corrected chi connectivity index (χ0v) is 12.5. The normalized spacial score (nSPS) is 11.8. The second-order valence-electron chi connectivity index (χ2n) is 5.32. The number of amides is 1. The van der Waals surface area contributed by atoms with Crippen molar-refractivity contribution in [3.8, 4) is 5.75 Å². The lowest BCUT2D eigenvalue weighted by Gasteiger charge is -2.19. The molecule has 0 aliphatic heterocycles. The third-order valence-corrected chi connectivity index (χ3v) is 2.28. The van der Waals surface area contributed by atoms with E-state index in [2.05, 4.69) is 10.1 Å². The van der Waals surface area contributed by atoms with Gasteiger partial charge >= 0.3 is 12.7 Å². The van der Waals surface area contributed by atoms with E-state index >= 15 is 0 Å². The van der Waals surface area contributed by atoms with Crippen LogP contribution in [0.3, 0.4) is 0 Å². The average molecular weight is 317 g/mol. The average Bonchev–Trinajstić information content (AvgIpc) is 2.34. The zero-order valence-electron chi connectivity index (χ0n) is 12.5. The number of nitrogens with one attached hydrogen (secondary N) is 1. The molecule has 0 aliphatic rings. The van der Waals surface area contributed by atoms with Crippen molar-refractivity contribution in [1.29, 1.82) is 0 Å². The summed E-state index contributed by atoms with van der Waals surface area (Å²) in [7, 11) is 0. The van der Waals surface area contributed by atoms with Gasteiger partial charge in [-0.1, -0.05) is 18.2 Å². The Labute approximate surface area is 126 Å². The lowest BCUT2D eigenvalue weighted by atomic mass is 10.1. The number of alkyl carbamates (subject to hydrolysis) is 1.